The number of piperazine rings is 1. The molecule has 0 aliphatic carbocycles. The third-order valence-corrected chi connectivity index (χ3v) is 3.88. The van der Waals surface area contributed by atoms with Gasteiger partial charge in [0.25, 0.3) is 5.91 Å². The lowest BCUT2D eigenvalue weighted by Gasteiger charge is -2.32. The molecule has 5 nitrogen and oxygen atoms in total. The Labute approximate surface area is 130 Å². The highest BCUT2D eigenvalue weighted by Crippen LogP contribution is 2.23. The third-order valence-electron chi connectivity index (χ3n) is 3.64. The number of ether oxygens (including phenoxy) is 1. The van der Waals surface area contributed by atoms with Gasteiger partial charge < -0.3 is 20.3 Å². The topological polar surface area (TPSA) is 58.8 Å². The number of amides is 1. The predicted octanol–water partition coefficient (Wildman–Crippen LogP) is 0.994. The number of carbonyl (C=O) groups is 1. The fourth-order valence-corrected chi connectivity index (χ4v) is 2.52. The zero-order valence-electron chi connectivity index (χ0n) is 12.3. The maximum Gasteiger partial charge on any atom is 0.260 e. The van der Waals surface area contributed by atoms with Crippen molar-refractivity contribution < 1.29 is 9.53 Å². The summed E-state index contributed by atoms with van der Waals surface area (Å²) in [5, 5.41) is 0.649. The van der Waals surface area contributed by atoms with Crippen molar-refractivity contribution in [2.45, 2.75) is 6.42 Å². The molecule has 0 saturated carbocycles. The van der Waals surface area contributed by atoms with E-state index in [9.17, 15) is 4.79 Å². The molecule has 1 fully saturated rings. The molecule has 0 unspecified atom stereocenters. The third kappa shape index (κ3) is 4.59. The van der Waals surface area contributed by atoms with Crippen LogP contribution >= 0.6 is 11.6 Å². The molecule has 6 heteroatoms. The van der Waals surface area contributed by atoms with Crippen LogP contribution in [0.15, 0.2) is 18.2 Å². The summed E-state index contributed by atoms with van der Waals surface area (Å²) in [5.41, 5.74) is 6.53. The minimum Gasteiger partial charge on any atom is -0.483 e. The van der Waals surface area contributed by atoms with Crippen molar-refractivity contribution in [3.63, 3.8) is 0 Å². The van der Waals surface area contributed by atoms with E-state index in [1.807, 2.05) is 11.0 Å². The Hall–Kier alpha value is -1.30. The van der Waals surface area contributed by atoms with Crippen LogP contribution in [-0.4, -0.2) is 62.1 Å². The lowest BCUT2D eigenvalue weighted by Crippen LogP contribution is -2.48. The van der Waals surface area contributed by atoms with Crippen LogP contribution in [0.25, 0.3) is 0 Å². The molecule has 0 spiro atoms. The van der Waals surface area contributed by atoms with Gasteiger partial charge in [0, 0.05) is 31.2 Å². The Morgan fingerprint density at radius 3 is 2.71 bits per heavy atom. The second-order valence-corrected chi connectivity index (χ2v) is 5.70. The Kier molecular flexibility index (Phi) is 5.85. The maximum atomic E-state index is 12.1. The summed E-state index contributed by atoms with van der Waals surface area (Å²) in [6.45, 7) is 3.91. The summed E-state index contributed by atoms with van der Waals surface area (Å²) >= 11 is 5.97. The first-order chi connectivity index (χ1) is 10.1. The minimum atomic E-state index is 0.0248. The van der Waals surface area contributed by atoms with Crippen molar-refractivity contribution in [3.05, 3.63) is 28.8 Å². The van der Waals surface area contributed by atoms with Crippen molar-refractivity contribution in [1.29, 1.82) is 0 Å². The van der Waals surface area contributed by atoms with E-state index in [1.165, 1.54) is 0 Å². The van der Waals surface area contributed by atoms with Gasteiger partial charge >= 0.3 is 0 Å². The fraction of sp³-hybridized carbons (Fsp3) is 0.533. The van der Waals surface area contributed by atoms with Crippen LogP contribution in [0, 0.1) is 0 Å². The minimum absolute atomic E-state index is 0.0248. The van der Waals surface area contributed by atoms with Gasteiger partial charge in [-0.2, -0.15) is 0 Å². The summed E-state index contributed by atoms with van der Waals surface area (Å²) in [6, 6.07) is 5.39. The molecule has 1 aromatic carbocycles. The highest BCUT2D eigenvalue weighted by molar-refractivity contribution is 6.30. The van der Waals surface area contributed by atoms with Gasteiger partial charge in [-0.15, -0.1) is 0 Å². The van der Waals surface area contributed by atoms with Crippen molar-refractivity contribution in [2.24, 2.45) is 5.73 Å². The maximum absolute atomic E-state index is 12.1. The van der Waals surface area contributed by atoms with Crippen molar-refractivity contribution in [2.75, 3.05) is 46.4 Å². The highest BCUT2D eigenvalue weighted by Gasteiger charge is 2.19. The van der Waals surface area contributed by atoms with Crippen LogP contribution in [-0.2, 0) is 11.2 Å². The Morgan fingerprint density at radius 1 is 1.33 bits per heavy atom. The van der Waals surface area contributed by atoms with E-state index in [1.54, 1.807) is 12.1 Å². The molecule has 0 aromatic heterocycles. The Bertz CT molecular complexity index is 488. The Morgan fingerprint density at radius 2 is 2.05 bits per heavy atom. The molecule has 1 aliphatic heterocycles. The number of likely N-dealkylation sites (N-methyl/N-ethyl adjacent to an activating group) is 1. The molecule has 1 aromatic rings. The van der Waals surface area contributed by atoms with Crippen LogP contribution in [0.3, 0.4) is 0 Å². The zero-order chi connectivity index (χ0) is 15.2. The van der Waals surface area contributed by atoms with E-state index in [2.05, 4.69) is 11.9 Å². The van der Waals surface area contributed by atoms with E-state index in [0.29, 0.717) is 23.7 Å². The number of carbonyl (C=O) groups excluding carboxylic acids is 1. The number of nitrogens with zero attached hydrogens (tertiary/aromatic N) is 2. The lowest BCUT2D eigenvalue weighted by atomic mass is 10.1. The second kappa shape index (κ2) is 7.64. The van der Waals surface area contributed by atoms with E-state index in [-0.39, 0.29) is 12.5 Å². The number of halogens is 1. The van der Waals surface area contributed by atoms with E-state index in [4.69, 9.17) is 22.1 Å². The number of rotatable bonds is 5. The standard InChI is InChI=1S/C15H22ClN3O2/c1-18-6-8-19(9-7-18)15(20)11-21-14-3-2-13(16)10-12(14)4-5-17/h2-3,10H,4-9,11,17H2,1H3. The quantitative estimate of drug-likeness (QED) is 0.881. The summed E-state index contributed by atoms with van der Waals surface area (Å²) in [7, 11) is 2.06. The molecule has 1 aliphatic rings. The van der Waals surface area contributed by atoms with Gasteiger partial charge in [0.1, 0.15) is 5.75 Å². The molecule has 2 rings (SSSR count). The molecule has 1 amide bonds. The van der Waals surface area contributed by atoms with Crippen LogP contribution < -0.4 is 10.5 Å². The first-order valence-corrected chi connectivity index (χ1v) is 7.55. The molecular weight excluding hydrogens is 290 g/mol. The van der Waals surface area contributed by atoms with Crippen LogP contribution in [0.4, 0.5) is 0 Å². The average Bonchev–Trinajstić information content (AvgIpc) is 2.47. The molecule has 0 bridgehead atoms. The largest absolute Gasteiger partial charge is 0.483 e. The van der Waals surface area contributed by atoms with Crippen LogP contribution in [0.5, 0.6) is 5.75 Å². The van der Waals surface area contributed by atoms with Gasteiger partial charge in [-0.3, -0.25) is 4.79 Å². The molecular formula is C15H22ClN3O2. The summed E-state index contributed by atoms with van der Waals surface area (Å²) in [6.07, 6.45) is 0.679. The predicted molar refractivity (Wildman–Crippen MR) is 83.8 cm³/mol. The fourth-order valence-electron chi connectivity index (χ4n) is 2.33. The summed E-state index contributed by atoms with van der Waals surface area (Å²) in [5.74, 6) is 0.712. The van der Waals surface area contributed by atoms with E-state index in [0.717, 1.165) is 31.7 Å². The van der Waals surface area contributed by atoms with Crippen molar-refractivity contribution in [3.8, 4) is 5.75 Å². The van der Waals surface area contributed by atoms with Gasteiger partial charge in [0.15, 0.2) is 6.61 Å². The first kappa shape index (κ1) is 16.1. The van der Waals surface area contributed by atoms with Gasteiger partial charge in [0.05, 0.1) is 0 Å². The average molecular weight is 312 g/mol. The molecule has 1 heterocycles. The van der Waals surface area contributed by atoms with Crippen LogP contribution in [0.2, 0.25) is 5.02 Å². The monoisotopic (exact) mass is 311 g/mol. The normalized spacial score (nSPS) is 16.0. The lowest BCUT2D eigenvalue weighted by molar-refractivity contribution is -0.134. The Balaban J connectivity index is 1.91. The summed E-state index contributed by atoms with van der Waals surface area (Å²) < 4.78 is 5.67. The van der Waals surface area contributed by atoms with Crippen molar-refractivity contribution in [1.82, 2.24) is 9.80 Å². The van der Waals surface area contributed by atoms with Gasteiger partial charge in [-0.05, 0) is 43.8 Å². The SMILES string of the molecule is CN1CCN(C(=O)COc2ccc(Cl)cc2CCN)CC1. The first-order valence-electron chi connectivity index (χ1n) is 7.18. The number of nitrogens with two attached hydrogens (primary N) is 1. The van der Waals surface area contributed by atoms with Gasteiger partial charge in [0.2, 0.25) is 0 Å². The molecule has 2 N–H and O–H groups in total. The van der Waals surface area contributed by atoms with E-state index >= 15 is 0 Å². The molecule has 0 atom stereocenters. The molecule has 116 valence electrons. The number of hydrogen-bond donors (Lipinski definition) is 1. The van der Waals surface area contributed by atoms with Crippen LogP contribution in [0.1, 0.15) is 5.56 Å². The second-order valence-electron chi connectivity index (χ2n) is 5.26. The molecule has 0 radical (unpaired) electrons. The summed E-state index contributed by atoms with van der Waals surface area (Å²) in [4.78, 5) is 16.2. The molecule has 21 heavy (non-hydrogen) atoms. The van der Waals surface area contributed by atoms with Crippen molar-refractivity contribution >= 4 is 17.5 Å². The van der Waals surface area contributed by atoms with Gasteiger partial charge in [-0.25, -0.2) is 0 Å². The number of hydrogen-bond acceptors (Lipinski definition) is 4. The zero-order valence-corrected chi connectivity index (χ0v) is 13.1. The highest BCUT2D eigenvalue weighted by atomic mass is 35.5. The van der Waals surface area contributed by atoms with E-state index < -0.39 is 0 Å². The smallest absolute Gasteiger partial charge is 0.260 e. The number of benzene rings is 1. The van der Waals surface area contributed by atoms with Gasteiger partial charge in [-0.1, -0.05) is 11.6 Å². The molecule has 1 saturated heterocycles.